The first-order chi connectivity index (χ1) is 20.7. The van der Waals surface area contributed by atoms with Crippen molar-refractivity contribution >= 4 is 57.0 Å². The molecule has 5 rings (SSSR count). The third-order valence-electron chi connectivity index (χ3n) is 8.50. The number of nitrogens with zero attached hydrogens (tertiary/aromatic N) is 7. The van der Waals surface area contributed by atoms with Crippen molar-refractivity contribution in [3.8, 4) is 5.75 Å². The van der Waals surface area contributed by atoms with E-state index < -0.39 is 10.9 Å². The van der Waals surface area contributed by atoms with Gasteiger partial charge in [0.05, 0.1) is 30.4 Å². The number of benzene rings is 2. The Morgan fingerprint density at radius 2 is 1.70 bits per heavy atom. The number of methoxy groups -OCH3 is 1. The van der Waals surface area contributed by atoms with E-state index in [4.69, 9.17) is 21.3 Å². The van der Waals surface area contributed by atoms with Crippen LogP contribution in [0, 0.1) is 6.92 Å². The summed E-state index contributed by atoms with van der Waals surface area (Å²) in [6.45, 7) is 8.75. The minimum absolute atomic E-state index is 0.329. The molecular formula is C30H41ClN8O3S. The predicted molar refractivity (Wildman–Crippen MR) is 176 cm³/mol. The second kappa shape index (κ2) is 13.5. The number of halogens is 1. The topological polar surface area (TPSA) is 97.4 Å². The standard InChI is InChI=1S/C30H41ClN8O3S/c1-21-18-24(28(42-5)19-27(21)39-12-10-22(11-13-39)38-16-14-35(2)15-17-38)33-30-32-20-23(31)29(34-30)36(3)25-8-6-7-9-26(25)37(4)43(40)41/h6-9,18-20,22,43H,10-17H2,1-5H3,(H,32,33,34). The molecule has 2 fully saturated rings. The zero-order valence-electron chi connectivity index (χ0n) is 25.5. The number of hydrogen-bond acceptors (Lipinski definition) is 10. The molecule has 1 N–H and O–H groups in total. The summed E-state index contributed by atoms with van der Waals surface area (Å²) in [5, 5.41) is 3.64. The minimum atomic E-state index is -2.81. The second-order valence-corrected chi connectivity index (χ2v) is 12.7. The molecule has 3 aromatic rings. The van der Waals surface area contributed by atoms with E-state index in [-0.39, 0.29) is 0 Å². The summed E-state index contributed by atoms with van der Waals surface area (Å²) in [5.41, 5.74) is 4.19. The number of rotatable bonds is 9. The number of piperazine rings is 1. The number of piperidine rings is 1. The van der Waals surface area contributed by atoms with Gasteiger partial charge in [0, 0.05) is 71.2 Å². The van der Waals surface area contributed by atoms with Crippen LogP contribution in [0.15, 0.2) is 42.6 Å². The van der Waals surface area contributed by atoms with Crippen LogP contribution in [0.3, 0.4) is 0 Å². The summed E-state index contributed by atoms with van der Waals surface area (Å²) in [4.78, 5) is 18.4. The highest BCUT2D eigenvalue weighted by Gasteiger charge is 2.28. The van der Waals surface area contributed by atoms with Crippen molar-refractivity contribution in [1.29, 1.82) is 0 Å². The highest BCUT2D eigenvalue weighted by atomic mass is 35.5. The molecule has 13 heteroatoms. The summed E-state index contributed by atoms with van der Waals surface area (Å²) >= 11 is 6.53. The zero-order valence-corrected chi connectivity index (χ0v) is 27.1. The van der Waals surface area contributed by atoms with Crippen molar-refractivity contribution in [2.45, 2.75) is 25.8 Å². The average molecular weight is 629 g/mol. The van der Waals surface area contributed by atoms with Gasteiger partial charge in [-0.25, -0.2) is 13.4 Å². The monoisotopic (exact) mass is 628 g/mol. The normalized spacial score (nSPS) is 16.9. The number of thiol groups is 1. The fourth-order valence-corrected chi connectivity index (χ4v) is 6.50. The van der Waals surface area contributed by atoms with Crippen molar-refractivity contribution in [2.24, 2.45) is 0 Å². The SMILES string of the molecule is COc1cc(N2CCC(N3CCN(C)CC3)CC2)c(C)cc1Nc1ncc(Cl)c(N(C)c2ccccc2N(C)[SH](=O)=O)n1. The Hall–Kier alpha value is -3.32. The van der Waals surface area contributed by atoms with Crippen LogP contribution in [0.5, 0.6) is 5.75 Å². The van der Waals surface area contributed by atoms with Crippen molar-refractivity contribution < 1.29 is 13.2 Å². The van der Waals surface area contributed by atoms with Gasteiger partial charge >= 0.3 is 0 Å². The van der Waals surface area contributed by atoms with E-state index in [2.05, 4.69) is 51.1 Å². The summed E-state index contributed by atoms with van der Waals surface area (Å²) < 4.78 is 30.4. The molecule has 0 bridgehead atoms. The van der Waals surface area contributed by atoms with E-state index >= 15 is 0 Å². The van der Waals surface area contributed by atoms with Crippen molar-refractivity contribution in [2.75, 3.05) is 86.9 Å². The van der Waals surface area contributed by atoms with Crippen molar-refractivity contribution in [1.82, 2.24) is 19.8 Å². The van der Waals surface area contributed by atoms with Gasteiger partial charge in [-0.3, -0.25) is 9.21 Å². The van der Waals surface area contributed by atoms with Crippen LogP contribution in [-0.2, 0) is 10.9 Å². The smallest absolute Gasteiger partial charge is 0.229 e. The number of aryl methyl sites for hydroxylation is 1. The molecule has 0 spiro atoms. The second-order valence-electron chi connectivity index (χ2n) is 11.2. The van der Waals surface area contributed by atoms with Gasteiger partial charge in [0.25, 0.3) is 0 Å². The molecule has 43 heavy (non-hydrogen) atoms. The molecule has 2 aliphatic heterocycles. The van der Waals surface area contributed by atoms with Gasteiger partial charge < -0.3 is 24.8 Å². The lowest BCUT2D eigenvalue weighted by molar-refractivity contribution is 0.0982. The van der Waals surface area contributed by atoms with Crippen LogP contribution >= 0.6 is 11.6 Å². The van der Waals surface area contributed by atoms with Gasteiger partial charge in [-0.05, 0) is 50.6 Å². The molecule has 232 valence electrons. The maximum atomic E-state index is 11.7. The first-order valence-corrected chi connectivity index (χ1v) is 16.0. The van der Waals surface area contributed by atoms with Crippen LogP contribution in [-0.4, -0.2) is 102 Å². The van der Waals surface area contributed by atoms with Gasteiger partial charge in [0.15, 0.2) is 5.82 Å². The number of ether oxygens (including phenoxy) is 1. The van der Waals surface area contributed by atoms with Gasteiger partial charge in [0.1, 0.15) is 10.8 Å². The molecule has 0 radical (unpaired) electrons. The van der Waals surface area contributed by atoms with E-state index in [1.165, 1.54) is 23.2 Å². The summed E-state index contributed by atoms with van der Waals surface area (Å²) in [6, 6.07) is 12.0. The molecule has 2 aliphatic rings. The first kappa shape index (κ1) is 31.1. The molecule has 0 atom stereocenters. The van der Waals surface area contributed by atoms with Gasteiger partial charge in [-0.2, -0.15) is 4.98 Å². The van der Waals surface area contributed by atoms with Gasteiger partial charge in [-0.1, -0.05) is 23.7 Å². The number of anilines is 6. The number of para-hydroxylation sites is 2. The summed E-state index contributed by atoms with van der Waals surface area (Å²) in [6.07, 6.45) is 3.84. The molecule has 2 saturated heterocycles. The van der Waals surface area contributed by atoms with E-state index in [1.807, 2.05) is 12.1 Å². The zero-order chi connectivity index (χ0) is 30.7. The van der Waals surface area contributed by atoms with Crippen molar-refractivity contribution in [3.63, 3.8) is 0 Å². The molecule has 1 aromatic heterocycles. The highest BCUT2D eigenvalue weighted by Crippen LogP contribution is 2.38. The lowest BCUT2D eigenvalue weighted by Gasteiger charge is -2.43. The minimum Gasteiger partial charge on any atom is -0.494 e. The van der Waals surface area contributed by atoms with E-state index in [0.29, 0.717) is 40.0 Å². The van der Waals surface area contributed by atoms with E-state index in [0.717, 1.165) is 63.4 Å². The fourth-order valence-electron chi connectivity index (χ4n) is 5.94. The Kier molecular flexibility index (Phi) is 9.80. The van der Waals surface area contributed by atoms with Crippen LogP contribution in [0.25, 0.3) is 0 Å². The molecule has 2 aromatic carbocycles. The average Bonchev–Trinajstić information content (AvgIpc) is 3.02. The van der Waals surface area contributed by atoms with Crippen LogP contribution < -0.4 is 24.2 Å². The highest BCUT2D eigenvalue weighted by molar-refractivity contribution is 7.74. The molecular weight excluding hydrogens is 588 g/mol. The third kappa shape index (κ3) is 6.93. The Labute approximate surface area is 261 Å². The Morgan fingerprint density at radius 1 is 1.02 bits per heavy atom. The third-order valence-corrected chi connectivity index (χ3v) is 9.48. The molecule has 0 amide bonds. The number of aromatic nitrogens is 2. The van der Waals surface area contributed by atoms with Crippen LogP contribution in [0.2, 0.25) is 5.02 Å². The number of likely N-dealkylation sites (N-methyl/N-ethyl adjacent to an activating group) is 1. The van der Waals surface area contributed by atoms with Crippen molar-refractivity contribution in [3.05, 3.63) is 53.2 Å². The van der Waals surface area contributed by atoms with Gasteiger partial charge in [-0.15, -0.1) is 0 Å². The quantitative estimate of drug-likeness (QED) is 0.337. The molecule has 0 unspecified atom stereocenters. The van der Waals surface area contributed by atoms with E-state index in [1.54, 1.807) is 31.2 Å². The van der Waals surface area contributed by atoms with Gasteiger partial charge in [0.2, 0.25) is 16.8 Å². The lowest BCUT2D eigenvalue weighted by Crippen LogP contribution is -2.52. The number of hydrogen-bond donors (Lipinski definition) is 2. The van der Waals surface area contributed by atoms with Crippen LogP contribution in [0.1, 0.15) is 18.4 Å². The molecule has 0 saturated carbocycles. The first-order valence-electron chi connectivity index (χ1n) is 14.5. The maximum Gasteiger partial charge on any atom is 0.229 e. The Morgan fingerprint density at radius 3 is 2.35 bits per heavy atom. The van der Waals surface area contributed by atoms with E-state index in [9.17, 15) is 8.42 Å². The fraction of sp³-hybridized carbons (Fsp3) is 0.467. The number of nitrogens with one attached hydrogen (secondary N) is 1. The summed E-state index contributed by atoms with van der Waals surface area (Å²) in [5.74, 6) is 1.46. The maximum absolute atomic E-state index is 11.7. The largest absolute Gasteiger partial charge is 0.494 e. The summed E-state index contributed by atoms with van der Waals surface area (Å²) in [7, 11) is 4.34. The predicted octanol–water partition coefficient (Wildman–Crippen LogP) is 4.14. The molecule has 0 aliphatic carbocycles. The molecule has 11 nitrogen and oxygen atoms in total. The Balaban J connectivity index is 1.33. The molecule has 3 heterocycles. The lowest BCUT2D eigenvalue weighted by atomic mass is 10.0. The Bertz CT molecular complexity index is 1500. The van der Waals surface area contributed by atoms with Crippen LogP contribution in [0.4, 0.5) is 34.5 Å².